The lowest BCUT2D eigenvalue weighted by Crippen LogP contribution is -2.30. The predicted octanol–water partition coefficient (Wildman–Crippen LogP) is 0.659. The number of aromatic nitrogens is 2. The summed E-state index contributed by atoms with van der Waals surface area (Å²) < 4.78 is 5.12. The third-order valence-electron chi connectivity index (χ3n) is 3.51. The van der Waals surface area contributed by atoms with E-state index in [-0.39, 0.29) is 17.7 Å². The van der Waals surface area contributed by atoms with Gasteiger partial charge in [0.25, 0.3) is 5.56 Å². The average Bonchev–Trinajstić information content (AvgIpc) is 2.51. The van der Waals surface area contributed by atoms with Crippen molar-refractivity contribution in [3.63, 3.8) is 0 Å². The molecule has 0 aliphatic heterocycles. The number of anilines is 1. The van der Waals surface area contributed by atoms with E-state index < -0.39 is 22.8 Å². The molecule has 0 radical (unpaired) electrons. The van der Waals surface area contributed by atoms with Gasteiger partial charge in [-0.25, -0.2) is 9.59 Å². The Hall–Kier alpha value is -3.42. The molecule has 0 spiro atoms. The second-order valence-corrected chi connectivity index (χ2v) is 5.22. The van der Waals surface area contributed by atoms with E-state index in [2.05, 4.69) is 15.3 Å². The molecule has 0 saturated heterocycles. The van der Waals surface area contributed by atoms with Crippen molar-refractivity contribution in [1.29, 1.82) is 0 Å². The van der Waals surface area contributed by atoms with E-state index in [0.717, 1.165) is 0 Å². The number of carbonyl (C=O) groups is 1. The minimum atomic E-state index is -0.686. The second-order valence-electron chi connectivity index (χ2n) is 5.22. The quantitative estimate of drug-likeness (QED) is 0.609. The van der Waals surface area contributed by atoms with Crippen molar-refractivity contribution in [1.82, 2.24) is 9.97 Å². The molecule has 24 heavy (non-hydrogen) atoms. The van der Waals surface area contributed by atoms with Gasteiger partial charge in [-0.2, -0.15) is 0 Å². The van der Waals surface area contributed by atoms with Gasteiger partial charge in [-0.15, -0.1) is 0 Å². The lowest BCUT2D eigenvalue weighted by molar-refractivity contribution is -0.115. The van der Waals surface area contributed by atoms with Gasteiger partial charge in [-0.1, -0.05) is 18.2 Å². The summed E-state index contributed by atoms with van der Waals surface area (Å²) >= 11 is 0. The molecule has 3 rings (SSSR count). The molecule has 0 aliphatic rings. The summed E-state index contributed by atoms with van der Waals surface area (Å²) in [6.45, 7) is 1.52. The number of H-pyrrole nitrogens is 2. The summed E-state index contributed by atoms with van der Waals surface area (Å²) in [6.07, 6.45) is -0.287. The maximum atomic E-state index is 12.1. The Morgan fingerprint density at radius 1 is 1.17 bits per heavy atom. The highest BCUT2D eigenvalue weighted by atomic mass is 16.4. The van der Waals surface area contributed by atoms with Crippen molar-refractivity contribution in [2.24, 2.45) is 0 Å². The van der Waals surface area contributed by atoms with Gasteiger partial charge in [-0.05, 0) is 19.1 Å². The Morgan fingerprint density at radius 3 is 2.67 bits per heavy atom. The number of nitrogens with one attached hydrogen (secondary N) is 3. The number of fused-ring (bicyclic) bond motifs is 1. The van der Waals surface area contributed by atoms with Gasteiger partial charge in [0.05, 0.1) is 6.42 Å². The van der Waals surface area contributed by atoms with Gasteiger partial charge >= 0.3 is 11.3 Å². The van der Waals surface area contributed by atoms with Crippen LogP contribution in [0.5, 0.6) is 0 Å². The van der Waals surface area contributed by atoms with E-state index in [9.17, 15) is 19.2 Å². The molecule has 1 aromatic carbocycles. The van der Waals surface area contributed by atoms with E-state index in [4.69, 9.17) is 4.42 Å². The minimum Gasteiger partial charge on any atom is -0.421 e. The van der Waals surface area contributed by atoms with Crippen molar-refractivity contribution in [2.75, 3.05) is 5.32 Å². The first-order chi connectivity index (χ1) is 11.4. The Bertz CT molecular complexity index is 1110. The van der Waals surface area contributed by atoms with E-state index >= 15 is 0 Å². The zero-order chi connectivity index (χ0) is 17.3. The number of amides is 1. The van der Waals surface area contributed by atoms with Crippen LogP contribution in [-0.2, 0) is 11.2 Å². The molecule has 2 aromatic heterocycles. The fraction of sp³-hybridized carbons (Fsp3) is 0.125. The standard InChI is InChI=1S/C16H13N3O5/c1-8-10(14(21)19-16(23)17-8)7-13(20)18-11-6-9-4-2-3-5-12(9)24-15(11)22/h2-6H,7H2,1H3,(H,18,20)(H2,17,19,21,23). The first-order valence-electron chi connectivity index (χ1n) is 7.09. The third kappa shape index (κ3) is 3.02. The monoisotopic (exact) mass is 327 g/mol. The number of hydrogen-bond acceptors (Lipinski definition) is 5. The summed E-state index contributed by atoms with van der Waals surface area (Å²) in [7, 11) is 0. The number of hydrogen-bond donors (Lipinski definition) is 3. The molecular formula is C16H13N3O5. The highest BCUT2D eigenvalue weighted by Gasteiger charge is 2.14. The highest BCUT2D eigenvalue weighted by molar-refractivity contribution is 5.93. The van der Waals surface area contributed by atoms with Crippen LogP contribution in [0.3, 0.4) is 0 Å². The SMILES string of the molecule is Cc1[nH]c(=O)[nH]c(=O)c1CC(=O)Nc1cc2ccccc2oc1=O. The molecule has 0 saturated carbocycles. The fourth-order valence-corrected chi connectivity index (χ4v) is 2.34. The molecule has 8 nitrogen and oxygen atoms in total. The highest BCUT2D eigenvalue weighted by Crippen LogP contribution is 2.15. The molecule has 0 bridgehead atoms. The molecule has 3 aromatic rings. The van der Waals surface area contributed by atoms with Crippen LogP contribution in [0.1, 0.15) is 11.3 Å². The van der Waals surface area contributed by atoms with Crippen molar-refractivity contribution >= 4 is 22.6 Å². The van der Waals surface area contributed by atoms with E-state index in [1.165, 1.54) is 13.0 Å². The second kappa shape index (κ2) is 5.99. The summed E-state index contributed by atoms with van der Waals surface area (Å²) in [4.78, 5) is 51.4. The summed E-state index contributed by atoms with van der Waals surface area (Å²) in [5.41, 5.74) is -1.16. The number of rotatable bonds is 3. The third-order valence-corrected chi connectivity index (χ3v) is 3.51. The van der Waals surface area contributed by atoms with Crippen LogP contribution in [0.25, 0.3) is 11.0 Å². The zero-order valence-corrected chi connectivity index (χ0v) is 12.6. The Kier molecular flexibility index (Phi) is 3.87. The first kappa shape index (κ1) is 15.5. The van der Waals surface area contributed by atoms with Crippen LogP contribution in [0, 0.1) is 6.92 Å². The number of aromatic amines is 2. The Labute approximate surface area is 134 Å². The number of benzene rings is 1. The van der Waals surface area contributed by atoms with Crippen molar-refractivity contribution < 1.29 is 9.21 Å². The number of para-hydroxylation sites is 1. The molecule has 0 aliphatic carbocycles. The maximum Gasteiger partial charge on any atom is 0.360 e. The molecule has 2 heterocycles. The van der Waals surface area contributed by atoms with E-state index in [0.29, 0.717) is 16.7 Å². The molecule has 0 atom stereocenters. The Balaban J connectivity index is 1.88. The first-order valence-corrected chi connectivity index (χ1v) is 7.09. The summed E-state index contributed by atoms with van der Waals surface area (Å²) in [5, 5.41) is 3.09. The smallest absolute Gasteiger partial charge is 0.360 e. The molecule has 1 amide bonds. The molecular weight excluding hydrogens is 314 g/mol. The van der Waals surface area contributed by atoms with Gasteiger partial charge in [0.1, 0.15) is 11.3 Å². The molecule has 0 unspecified atom stereocenters. The van der Waals surface area contributed by atoms with Crippen LogP contribution in [0.2, 0.25) is 0 Å². The van der Waals surface area contributed by atoms with Crippen molar-refractivity contribution in [3.8, 4) is 0 Å². The lowest BCUT2D eigenvalue weighted by atomic mass is 10.1. The maximum absolute atomic E-state index is 12.1. The number of carbonyl (C=O) groups excluding carboxylic acids is 1. The zero-order valence-electron chi connectivity index (χ0n) is 12.6. The van der Waals surface area contributed by atoms with Gasteiger partial charge in [0.2, 0.25) is 5.91 Å². The minimum absolute atomic E-state index is 0.0165. The van der Waals surface area contributed by atoms with Gasteiger partial charge < -0.3 is 14.7 Å². The van der Waals surface area contributed by atoms with E-state index in [1.807, 2.05) is 0 Å². The average molecular weight is 327 g/mol. The van der Waals surface area contributed by atoms with Crippen LogP contribution in [0.4, 0.5) is 5.69 Å². The van der Waals surface area contributed by atoms with Gasteiger partial charge in [-0.3, -0.25) is 14.6 Å². The van der Waals surface area contributed by atoms with Gasteiger partial charge in [0, 0.05) is 16.6 Å². The van der Waals surface area contributed by atoms with Crippen LogP contribution < -0.4 is 22.2 Å². The van der Waals surface area contributed by atoms with Crippen LogP contribution in [0.15, 0.2) is 49.1 Å². The molecule has 8 heteroatoms. The Morgan fingerprint density at radius 2 is 1.92 bits per heavy atom. The summed E-state index contributed by atoms with van der Waals surface area (Å²) in [6, 6.07) is 8.39. The summed E-state index contributed by atoms with van der Waals surface area (Å²) in [5.74, 6) is -0.571. The van der Waals surface area contributed by atoms with E-state index in [1.54, 1.807) is 24.3 Å². The topological polar surface area (TPSA) is 125 Å². The van der Waals surface area contributed by atoms with Crippen LogP contribution >= 0.6 is 0 Å². The lowest BCUT2D eigenvalue weighted by Gasteiger charge is -2.06. The number of aryl methyl sites for hydroxylation is 1. The van der Waals surface area contributed by atoms with Crippen molar-refractivity contribution in [3.05, 3.63) is 72.8 Å². The van der Waals surface area contributed by atoms with Crippen molar-refractivity contribution in [2.45, 2.75) is 13.3 Å². The van der Waals surface area contributed by atoms with Crippen LogP contribution in [-0.4, -0.2) is 15.9 Å². The predicted molar refractivity (Wildman–Crippen MR) is 87.2 cm³/mol. The van der Waals surface area contributed by atoms with Gasteiger partial charge in [0.15, 0.2) is 0 Å². The molecule has 0 fully saturated rings. The fourth-order valence-electron chi connectivity index (χ4n) is 2.34. The normalized spacial score (nSPS) is 10.7. The molecule has 3 N–H and O–H groups in total. The largest absolute Gasteiger partial charge is 0.421 e. The molecule has 122 valence electrons.